The highest BCUT2D eigenvalue weighted by Crippen LogP contribution is 2.30. The average molecular weight is 220 g/mol. The zero-order valence-corrected chi connectivity index (χ0v) is 7.97. The van der Waals surface area contributed by atoms with Gasteiger partial charge >= 0.3 is 12.1 Å². The van der Waals surface area contributed by atoms with Gasteiger partial charge in [0.1, 0.15) is 6.26 Å². The quantitative estimate of drug-likeness (QED) is 0.790. The van der Waals surface area contributed by atoms with E-state index in [0.717, 1.165) is 32.1 Å². The number of alkyl halides is 3. The summed E-state index contributed by atoms with van der Waals surface area (Å²) in [7, 11) is 0. The third kappa shape index (κ3) is 2.31. The molecule has 2 heterocycles. The Morgan fingerprint density at radius 2 is 2.20 bits per heavy atom. The summed E-state index contributed by atoms with van der Waals surface area (Å²) in [5, 5.41) is 3.11. The van der Waals surface area contributed by atoms with Crippen molar-refractivity contribution in [1.29, 1.82) is 0 Å². The summed E-state index contributed by atoms with van der Waals surface area (Å²) < 4.78 is 41.0. The van der Waals surface area contributed by atoms with E-state index < -0.39 is 12.1 Å². The molecule has 1 aromatic heterocycles. The van der Waals surface area contributed by atoms with Crippen LogP contribution < -0.4 is 5.32 Å². The van der Waals surface area contributed by atoms with E-state index in [4.69, 9.17) is 0 Å². The van der Waals surface area contributed by atoms with Crippen molar-refractivity contribution < 1.29 is 17.6 Å². The monoisotopic (exact) mass is 220 g/mol. The second-order valence-electron chi connectivity index (χ2n) is 3.58. The van der Waals surface area contributed by atoms with Crippen LogP contribution in [-0.2, 0) is 6.18 Å². The first-order valence-electron chi connectivity index (χ1n) is 4.83. The number of hydrogen-bond donors (Lipinski definition) is 1. The maximum Gasteiger partial charge on any atom is 0.468 e. The molecule has 0 amide bonds. The molecule has 1 unspecified atom stereocenters. The molecule has 0 aromatic carbocycles. The van der Waals surface area contributed by atoms with Gasteiger partial charge in [-0.15, -0.1) is 0 Å². The predicted octanol–water partition coefficient (Wildman–Crippen LogP) is 2.51. The molecule has 2 rings (SSSR count). The second-order valence-corrected chi connectivity index (χ2v) is 3.58. The molecule has 3 nitrogen and oxygen atoms in total. The number of halogens is 3. The van der Waals surface area contributed by atoms with Gasteiger partial charge in [0.15, 0.2) is 0 Å². The maximum absolute atomic E-state index is 12.2. The third-order valence-corrected chi connectivity index (χ3v) is 2.43. The fraction of sp³-hybridized carbons (Fsp3) is 0.667. The normalized spacial score (nSPS) is 23.0. The lowest BCUT2D eigenvalue weighted by Gasteiger charge is -2.20. The van der Waals surface area contributed by atoms with Crippen molar-refractivity contribution in [3.8, 4) is 0 Å². The molecule has 1 atom stereocenters. The Bertz CT molecular complexity index is 328. The van der Waals surface area contributed by atoms with Crippen LogP contribution in [0.25, 0.3) is 0 Å². The van der Waals surface area contributed by atoms with Crippen molar-refractivity contribution in [2.24, 2.45) is 0 Å². The lowest BCUT2D eigenvalue weighted by Crippen LogP contribution is -2.27. The third-order valence-electron chi connectivity index (χ3n) is 2.43. The molecule has 1 N–H and O–H groups in total. The molecule has 1 aromatic rings. The summed E-state index contributed by atoms with van der Waals surface area (Å²) in [5.41, 5.74) is 0.349. The van der Waals surface area contributed by atoms with Gasteiger partial charge in [-0.3, -0.25) is 0 Å². The van der Waals surface area contributed by atoms with Crippen LogP contribution in [-0.4, -0.2) is 11.5 Å². The largest absolute Gasteiger partial charge is 0.468 e. The minimum Gasteiger partial charge on any atom is -0.441 e. The Morgan fingerprint density at radius 3 is 2.73 bits per heavy atom. The summed E-state index contributed by atoms with van der Waals surface area (Å²) in [6.45, 7) is 0.818. The highest BCUT2D eigenvalue weighted by atomic mass is 19.4. The Kier molecular flexibility index (Phi) is 2.68. The summed E-state index contributed by atoms with van der Waals surface area (Å²) in [6.07, 6.45) is -0.533. The lowest BCUT2D eigenvalue weighted by atomic mass is 10.0. The predicted molar refractivity (Wildman–Crippen MR) is 46.1 cm³/mol. The van der Waals surface area contributed by atoms with Crippen LogP contribution in [0, 0.1) is 0 Å². The van der Waals surface area contributed by atoms with Crippen molar-refractivity contribution in [3.05, 3.63) is 17.8 Å². The molecule has 0 saturated carbocycles. The smallest absolute Gasteiger partial charge is 0.441 e. The Balaban J connectivity index is 2.12. The van der Waals surface area contributed by atoms with Gasteiger partial charge in [0, 0.05) is 0 Å². The number of nitrogens with one attached hydrogen (secondary N) is 1. The molecule has 0 radical (unpaired) electrons. The lowest BCUT2D eigenvalue weighted by molar-refractivity contribution is -0.157. The highest BCUT2D eigenvalue weighted by Gasteiger charge is 2.37. The molecule has 0 spiro atoms. The van der Waals surface area contributed by atoms with E-state index in [1.165, 1.54) is 0 Å². The summed E-state index contributed by atoms with van der Waals surface area (Å²) in [5.74, 6) is -1.16. The molecule has 0 bridgehead atoms. The number of hydrogen-bond acceptors (Lipinski definition) is 3. The number of oxazole rings is 1. The van der Waals surface area contributed by atoms with Gasteiger partial charge < -0.3 is 9.73 Å². The van der Waals surface area contributed by atoms with Gasteiger partial charge in [0.05, 0.1) is 11.7 Å². The Hall–Kier alpha value is -1.04. The van der Waals surface area contributed by atoms with Crippen LogP contribution in [0.3, 0.4) is 0 Å². The number of aromatic nitrogens is 1. The van der Waals surface area contributed by atoms with Crippen LogP contribution in [0.2, 0.25) is 0 Å². The van der Waals surface area contributed by atoms with Gasteiger partial charge in [-0.2, -0.15) is 13.2 Å². The zero-order valence-electron chi connectivity index (χ0n) is 7.97. The summed E-state index contributed by atoms with van der Waals surface area (Å²) in [4.78, 5) is 3.45. The summed E-state index contributed by atoms with van der Waals surface area (Å²) >= 11 is 0. The molecule has 1 aliphatic rings. The van der Waals surface area contributed by atoms with Crippen LogP contribution in [0.1, 0.15) is 36.9 Å². The fourth-order valence-corrected chi connectivity index (χ4v) is 1.68. The van der Waals surface area contributed by atoms with E-state index in [-0.39, 0.29) is 6.04 Å². The molecule has 84 valence electrons. The average Bonchev–Trinajstić information content (AvgIpc) is 2.67. The van der Waals surface area contributed by atoms with Gasteiger partial charge in [0.25, 0.3) is 0 Å². The van der Waals surface area contributed by atoms with Crippen LogP contribution >= 0.6 is 0 Å². The van der Waals surface area contributed by atoms with Crippen molar-refractivity contribution in [3.63, 3.8) is 0 Å². The van der Waals surface area contributed by atoms with E-state index in [9.17, 15) is 13.2 Å². The molecule has 0 aliphatic carbocycles. The molecule has 1 aliphatic heterocycles. The topological polar surface area (TPSA) is 38.1 Å². The number of nitrogens with zero attached hydrogens (tertiary/aromatic N) is 1. The first kappa shape index (κ1) is 10.5. The molecular weight excluding hydrogens is 209 g/mol. The van der Waals surface area contributed by atoms with E-state index >= 15 is 0 Å². The number of piperidine rings is 1. The van der Waals surface area contributed by atoms with Gasteiger partial charge in [-0.05, 0) is 19.4 Å². The zero-order chi connectivity index (χ0) is 10.9. The number of rotatable bonds is 1. The minimum absolute atomic E-state index is 0.0985. The Labute approximate surface area is 84.7 Å². The first-order chi connectivity index (χ1) is 7.07. The molecule has 1 saturated heterocycles. The first-order valence-corrected chi connectivity index (χ1v) is 4.83. The minimum atomic E-state index is -4.49. The second kappa shape index (κ2) is 3.84. The van der Waals surface area contributed by atoms with Crippen molar-refractivity contribution in [1.82, 2.24) is 10.3 Å². The maximum atomic E-state index is 12.2. The van der Waals surface area contributed by atoms with E-state index in [1.54, 1.807) is 0 Å². The SMILES string of the molecule is FC(F)(F)c1nc(C2CCCCN2)co1. The standard InChI is InChI=1S/C9H11F3N2O/c10-9(11,12)8-14-7(5-15-8)6-3-1-2-4-13-6/h5-6,13H,1-4H2. The molecular formula is C9H11F3N2O. The van der Waals surface area contributed by atoms with Gasteiger partial charge in [-0.1, -0.05) is 6.42 Å². The van der Waals surface area contributed by atoms with E-state index in [1.807, 2.05) is 0 Å². The summed E-state index contributed by atoms with van der Waals surface area (Å²) in [6, 6.07) is -0.0985. The van der Waals surface area contributed by atoms with Crippen molar-refractivity contribution >= 4 is 0 Å². The van der Waals surface area contributed by atoms with Crippen molar-refractivity contribution in [2.75, 3.05) is 6.54 Å². The van der Waals surface area contributed by atoms with Crippen molar-refractivity contribution in [2.45, 2.75) is 31.5 Å². The van der Waals surface area contributed by atoms with E-state index in [0.29, 0.717) is 5.69 Å². The van der Waals surface area contributed by atoms with Gasteiger partial charge in [-0.25, -0.2) is 4.98 Å². The van der Waals surface area contributed by atoms with E-state index in [2.05, 4.69) is 14.7 Å². The Morgan fingerprint density at radius 1 is 1.40 bits per heavy atom. The van der Waals surface area contributed by atoms with Crippen LogP contribution in [0.4, 0.5) is 13.2 Å². The fourth-order valence-electron chi connectivity index (χ4n) is 1.68. The molecule has 15 heavy (non-hydrogen) atoms. The molecule has 6 heteroatoms. The van der Waals surface area contributed by atoms with Crippen LogP contribution in [0.15, 0.2) is 10.7 Å². The highest BCUT2D eigenvalue weighted by molar-refractivity contribution is 5.05. The van der Waals surface area contributed by atoms with Gasteiger partial charge in [0.2, 0.25) is 0 Å². The molecule has 1 fully saturated rings. The van der Waals surface area contributed by atoms with Crippen LogP contribution in [0.5, 0.6) is 0 Å².